The van der Waals surface area contributed by atoms with E-state index in [1.807, 2.05) is 19.1 Å². The maximum Gasteiger partial charge on any atom is 0.328 e. The van der Waals surface area contributed by atoms with E-state index in [0.29, 0.717) is 48.6 Å². The molecule has 1 saturated heterocycles. The van der Waals surface area contributed by atoms with Crippen LogP contribution in [-0.2, 0) is 0 Å². The second kappa shape index (κ2) is 6.62. The summed E-state index contributed by atoms with van der Waals surface area (Å²) >= 11 is 0. The predicted octanol–water partition coefficient (Wildman–Crippen LogP) is 1.61. The van der Waals surface area contributed by atoms with Gasteiger partial charge in [-0.1, -0.05) is 12.1 Å². The van der Waals surface area contributed by atoms with Gasteiger partial charge in [0.25, 0.3) is 5.91 Å². The molecular weight excluding hydrogens is 334 g/mol. The van der Waals surface area contributed by atoms with Gasteiger partial charge < -0.3 is 14.6 Å². The Balaban J connectivity index is 1.60. The molecule has 1 unspecified atom stereocenters. The molecule has 0 saturated carbocycles. The van der Waals surface area contributed by atoms with Gasteiger partial charge in [0.05, 0.1) is 24.4 Å². The first kappa shape index (κ1) is 16.3. The zero-order valence-electron chi connectivity index (χ0n) is 14.4. The highest BCUT2D eigenvalue weighted by Gasteiger charge is 2.31. The average Bonchev–Trinajstić information content (AvgIpc) is 3.25. The number of imidazole rings is 1. The van der Waals surface area contributed by atoms with Crippen molar-refractivity contribution in [3.05, 3.63) is 52.8 Å². The van der Waals surface area contributed by atoms with Gasteiger partial charge in [0.1, 0.15) is 17.6 Å². The van der Waals surface area contributed by atoms with E-state index in [9.17, 15) is 9.59 Å². The molecule has 2 aromatic heterocycles. The minimum Gasteiger partial charge on any atom is -0.493 e. The first-order chi connectivity index (χ1) is 12.7. The van der Waals surface area contributed by atoms with Crippen molar-refractivity contribution in [2.45, 2.75) is 19.4 Å². The molecule has 1 amide bonds. The molecule has 8 heteroatoms. The Morgan fingerprint density at radius 1 is 1.38 bits per heavy atom. The van der Waals surface area contributed by atoms with Crippen LogP contribution in [0.5, 0.6) is 5.75 Å². The van der Waals surface area contributed by atoms with Crippen molar-refractivity contribution in [3.8, 4) is 5.75 Å². The number of ether oxygens (including phenoxy) is 1. The predicted molar refractivity (Wildman–Crippen MR) is 95.3 cm³/mol. The fourth-order valence-electron chi connectivity index (χ4n) is 3.45. The number of hydrogen-bond donors (Lipinski definition) is 1. The lowest BCUT2D eigenvalue weighted by molar-refractivity contribution is 0.0783. The van der Waals surface area contributed by atoms with Crippen molar-refractivity contribution < 1.29 is 9.53 Å². The summed E-state index contributed by atoms with van der Waals surface area (Å²) in [6.45, 7) is 3.42. The quantitative estimate of drug-likeness (QED) is 0.769. The summed E-state index contributed by atoms with van der Waals surface area (Å²) in [5.41, 5.74) is 1.49. The molecule has 1 aliphatic heterocycles. The molecule has 1 atom stereocenters. The summed E-state index contributed by atoms with van der Waals surface area (Å²) in [7, 11) is 0. The summed E-state index contributed by atoms with van der Waals surface area (Å²) < 4.78 is 7.19. The zero-order valence-corrected chi connectivity index (χ0v) is 14.4. The molecule has 1 aliphatic rings. The number of para-hydroxylation sites is 1. The molecule has 1 aromatic carbocycles. The van der Waals surface area contributed by atoms with Crippen LogP contribution < -0.4 is 10.4 Å². The Morgan fingerprint density at radius 3 is 3.08 bits per heavy atom. The van der Waals surface area contributed by atoms with Gasteiger partial charge in [-0.15, -0.1) is 0 Å². The smallest absolute Gasteiger partial charge is 0.328 e. The first-order valence-electron chi connectivity index (χ1n) is 8.60. The van der Waals surface area contributed by atoms with Crippen LogP contribution in [-0.4, -0.2) is 50.0 Å². The highest BCUT2D eigenvalue weighted by atomic mass is 16.5. The van der Waals surface area contributed by atoms with E-state index in [1.54, 1.807) is 27.8 Å². The third-order valence-corrected chi connectivity index (χ3v) is 4.61. The molecule has 1 N–H and O–H groups in total. The lowest BCUT2D eigenvalue weighted by Gasteiger charge is -2.18. The molecule has 0 radical (unpaired) electrons. The number of carbonyl (C=O) groups excluding carboxylic acids is 1. The van der Waals surface area contributed by atoms with Crippen molar-refractivity contribution in [1.82, 2.24) is 24.4 Å². The minimum absolute atomic E-state index is 0.0842. The number of rotatable bonds is 4. The van der Waals surface area contributed by atoms with Crippen molar-refractivity contribution in [1.29, 1.82) is 0 Å². The Labute approximate surface area is 149 Å². The number of benzene rings is 1. The van der Waals surface area contributed by atoms with E-state index < -0.39 is 0 Å². The van der Waals surface area contributed by atoms with Crippen molar-refractivity contribution in [2.75, 3.05) is 19.7 Å². The molecule has 1 fully saturated rings. The summed E-state index contributed by atoms with van der Waals surface area (Å²) in [5.74, 6) is 0.500. The third-order valence-electron chi connectivity index (χ3n) is 4.61. The molecule has 0 aliphatic carbocycles. The van der Waals surface area contributed by atoms with E-state index in [-0.39, 0.29) is 17.6 Å². The van der Waals surface area contributed by atoms with E-state index in [4.69, 9.17) is 4.74 Å². The van der Waals surface area contributed by atoms with Gasteiger partial charge in [-0.05, 0) is 25.5 Å². The molecule has 8 nitrogen and oxygen atoms in total. The van der Waals surface area contributed by atoms with Crippen LogP contribution in [0, 0.1) is 0 Å². The molecule has 0 spiro atoms. The number of aromatic amines is 1. The Bertz CT molecular complexity index is 1010. The van der Waals surface area contributed by atoms with Crippen molar-refractivity contribution >= 4 is 17.1 Å². The van der Waals surface area contributed by atoms with E-state index >= 15 is 0 Å². The molecule has 134 valence electrons. The number of likely N-dealkylation sites (tertiary alicyclic amines) is 1. The summed E-state index contributed by atoms with van der Waals surface area (Å²) in [4.78, 5) is 37.9. The average molecular weight is 353 g/mol. The molecule has 4 rings (SSSR count). The highest BCUT2D eigenvalue weighted by Crippen LogP contribution is 2.27. The Hall–Kier alpha value is -3.16. The van der Waals surface area contributed by atoms with Crippen LogP contribution >= 0.6 is 0 Å². The normalized spacial score (nSPS) is 17.0. The lowest BCUT2D eigenvalue weighted by Crippen LogP contribution is -2.31. The third kappa shape index (κ3) is 2.73. The fraction of sp³-hybridized carbons (Fsp3) is 0.333. The first-order valence-corrected chi connectivity index (χ1v) is 8.60. The molecule has 0 bridgehead atoms. The number of nitrogens with zero attached hydrogens (tertiary/aromatic N) is 4. The van der Waals surface area contributed by atoms with E-state index in [2.05, 4.69) is 15.0 Å². The second-order valence-corrected chi connectivity index (χ2v) is 6.18. The number of nitrogens with one attached hydrogen (secondary N) is 1. The lowest BCUT2D eigenvalue weighted by atomic mass is 10.2. The van der Waals surface area contributed by atoms with Crippen LogP contribution in [0.2, 0.25) is 0 Å². The largest absolute Gasteiger partial charge is 0.493 e. The number of carbonyl (C=O) groups is 1. The number of hydrogen-bond acceptors (Lipinski definition) is 5. The fourth-order valence-corrected chi connectivity index (χ4v) is 3.45. The number of fused-ring (bicyclic) bond motifs is 1. The molecule has 26 heavy (non-hydrogen) atoms. The van der Waals surface area contributed by atoms with E-state index in [0.717, 1.165) is 0 Å². The van der Waals surface area contributed by atoms with Gasteiger partial charge in [0.15, 0.2) is 5.65 Å². The standard InChI is InChI=1S/C18H19N5O3/c1-2-26-15-6-4-3-5-13(15)17(24)22-8-7-12(10-22)23-16-14(21-18(23)25)9-19-11-20-16/h3-6,9,11-12H,2,7-8,10H2,1H3,(H,21,25). The SMILES string of the molecule is CCOc1ccccc1C(=O)N1CCC(n2c(=O)[nH]c3cncnc32)C1. The zero-order chi connectivity index (χ0) is 18.1. The molecule has 3 heterocycles. The van der Waals surface area contributed by atoms with Gasteiger partial charge in [-0.2, -0.15) is 0 Å². The van der Waals surface area contributed by atoms with Gasteiger partial charge in [-0.25, -0.2) is 14.8 Å². The number of aromatic nitrogens is 4. The van der Waals surface area contributed by atoms with E-state index in [1.165, 1.54) is 6.33 Å². The van der Waals surface area contributed by atoms with Crippen molar-refractivity contribution in [3.63, 3.8) is 0 Å². The van der Waals surface area contributed by atoms with Crippen LogP contribution in [0.15, 0.2) is 41.6 Å². The summed E-state index contributed by atoms with van der Waals surface area (Å²) in [6.07, 6.45) is 3.69. The topological polar surface area (TPSA) is 93.1 Å². The molecular formula is C18H19N5O3. The van der Waals surface area contributed by atoms with Crippen LogP contribution in [0.3, 0.4) is 0 Å². The monoisotopic (exact) mass is 353 g/mol. The van der Waals surface area contributed by atoms with Gasteiger partial charge in [-0.3, -0.25) is 9.36 Å². The van der Waals surface area contributed by atoms with Gasteiger partial charge in [0, 0.05) is 13.1 Å². The number of H-pyrrole nitrogens is 1. The van der Waals surface area contributed by atoms with Gasteiger partial charge in [0.2, 0.25) is 0 Å². The maximum atomic E-state index is 12.9. The number of amides is 1. The van der Waals surface area contributed by atoms with Gasteiger partial charge >= 0.3 is 5.69 Å². The van der Waals surface area contributed by atoms with Crippen LogP contribution in [0.1, 0.15) is 29.7 Å². The van der Waals surface area contributed by atoms with Crippen LogP contribution in [0.25, 0.3) is 11.2 Å². The van der Waals surface area contributed by atoms with Crippen molar-refractivity contribution in [2.24, 2.45) is 0 Å². The minimum atomic E-state index is -0.227. The van der Waals surface area contributed by atoms with Crippen LogP contribution in [0.4, 0.5) is 0 Å². The summed E-state index contributed by atoms with van der Waals surface area (Å²) in [6, 6.07) is 7.12. The maximum absolute atomic E-state index is 12.9. The second-order valence-electron chi connectivity index (χ2n) is 6.18. The highest BCUT2D eigenvalue weighted by molar-refractivity contribution is 5.97. The Morgan fingerprint density at radius 2 is 2.23 bits per heavy atom. The summed E-state index contributed by atoms with van der Waals surface area (Å²) in [5, 5.41) is 0. The molecule has 3 aromatic rings. The Kier molecular flexibility index (Phi) is 4.16.